The molecule has 0 saturated carbocycles. The van der Waals surface area contributed by atoms with E-state index in [4.69, 9.17) is 0 Å². The van der Waals surface area contributed by atoms with Crippen molar-refractivity contribution in [2.45, 2.75) is 19.4 Å². The topological polar surface area (TPSA) is 78.5 Å². The van der Waals surface area contributed by atoms with Crippen molar-refractivity contribution in [3.63, 3.8) is 0 Å². The maximum Gasteiger partial charge on any atom is 0.323 e. The van der Waals surface area contributed by atoms with Gasteiger partial charge in [0.15, 0.2) is 0 Å². The highest BCUT2D eigenvalue weighted by Gasteiger charge is 2.07. The molecule has 0 radical (unpaired) electrons. The van der Waals surface area contributed by atoms with E-state index in [2.05, 4.69) is 27.3 Å². The first-order valence-electron chi connectivity index (χ1n) is 7.05. The monoisotopic (exact) mass is 285 g/mol. The molecule has 110 valence electrons. The van der Waals surface area contributed by atoms with Crippen LogP contribution in [0.1, 0.15) is 24.2 Å². The predicted molar refractivity (Wildman–Crippen MR) is 82.2 cm³/mol. The Morgan fingerprint density at radius 3 is 2.86 bits per heavy atom. The molecule has 1 aromatic carbocycles. The third kappa shape index (κ3) is 2.90. The van der Waals surface area contributed by atoms with Crippen molar-refractivity contribution in [3.8, 4) is 0 Å². The van der Waals surface area contributed by atoms with Crippen LogP contribution in [0, 0.1) is 0 Å². The number of rotatable bonds is 5. The first kappa shape index (κ1) is 13.6. The summed E-state index contributed by atoms with van der Waals surface area (Å²) in [7, 11) is 1.95. The first-order valence-corrected chi connectivity index (χ1v) is 7.05. The summed E-state index contributed by atoms with van der Waals surface area (Å²) in [6, 6.07) is 8.23. The van der Waals surface area contributed by atoms with Gasteiger partial charge in [-0.3, -0.25) is 4.68 Å². The fraction of sp³-hybridized carbons (Fsp3) is 0.333. The molecule has 21 heavy (non-hydrogen) atoms. The van der Waals surface area contributed by atoms with Crippen LogP contribution in [0.4, 0.5) is 0 Å². The number of H-pyrrole nitrogens is 2. The molecule has 0 saturated heterocycles. The molecule has 0 aliphatic rings. The number of imidazole rings is 1. The minimum Gasteiger partial charge on any atom is -0.310 e. The van der Waals surface area contributed by atoms with E-state index in [0.29, 0.717) is 0 Å². The Balaban J connectivity index is 1.64. The second kappa shape index (κ2) is 5.57. The van der Waals surface area contributed by atoms with Gasteiger partial charge in [0.1, 0.15) is 0 Å². The summed E-state index contributed by atoms with van der Waals surface area (Å²) in [5, 5.41) is 7.65. The van der Waals surface area contributed by atoms with Gasteiger partial charge in [-0.2, -0.15) is 5.10 Å². The van der Waals surface area contributed by atoms with Gasteiger partial charge in [0.25, 0.3) is 0 Å². The van der Waals surface area contributed by atoms with Crippen molar-refractivity contribution >= 4 is 11.0 Å². The number of hydrogen-bond acceptors (Lipinski definition) is 3. The van der Waals surface area contributed by atoms with Crippen LogP contribution in [-0.4, -0.2) is 26.3 Å². The van der Waals surface area contributed by atoms with Crippen LogP contribution in [0.15, 0.2) is 35.3 Å². The Labute approximate surface area is 122 Å². The molecule has 6 nitrogen and oxygen atoms in total. The number of aromatic nitrogens is 4. The van der Waals surface area contributed by atoms with Crippen molar-refractivity contribution in [2.75, 3.05) is 6.54 Å². The molecule has 2 aromatic heterocycles. The molecule has 0 spiro atoms. The molecule has 0 aliphatic carbocycles. The minimum atomic E-state index is -0.168. The Morgan fingerprint density at radius 2 is 2.10 bits per heavy atom. The van der Waals surface area contributed by atoms with Gasteiger partial charge in [-0.05, 0) is 30.7 Å². The normalized spacial score (nSPS) is 12.9. The Kier molecular flexibility index (Phi) is 3.62. The molecular formula is C15H19N5O. The largest absolute Gasteiger partial charge is 0.323 e. The van der Waals surface area contributed by atoms with Crippen molar-refractivity contribution in [2.24, 2.45) is 7.05 Å². The van der Waals surface area contributed by atoms with E-state index >= 15 is 0 Å². The van der Waals surface area contributed by atoms with Crippen LogP contribution in [-0.2, 0) is 13.5 Å². The molecule has 1 atom stereocenters. The van der Waals surface area contributed by atoms with Crippen molar-refractivity contribution in [1.82, 2.24) is 25.1 Å². The quantitative estimate of drug-likeness (QED) is 0.664. The fourth-order valence-corrected chi connectivity index (χ4v) is 2.50. The molecule has 3 N–H and O–H groups in total. The second-order valence-electron chi connectivity index (χ2n) is 5.26. The summed E-state index contributed by atoms with van der Waals surface area (Å²) < 4.78 is 1.89. The summed E-state index contributed by atoms with van der Waals surface area (Å²) >= 11 is 0. The van der Waals surface area contributed by atoms with E-state index in [9.17, 15) is 4.79 Å². The zero-order valence-electron chi connectivity index (χ0n) is 12.2. The maximum absolute atomic E-state index is 11.3. The molecule has 3 aromatic rings. The average molecular weight is 285 g/mol. The van der Waals surface area contributed by atoms with Gasteiger partial charge in [-0.25, -0.2) is 4.79 Å². The summed E-state index contributed by atoms with van der Waals surface area (Å²) in [4.78, 5) is 16.8. The Hall–Kier alpha value is -2.34. The summed E-state index contributed by atoms with van der Waals surface area (Å²) in [6.07, 6.45) is 2.75. The zero-order valence-corrected chi connectivity index (χ0v) is 12.2. The fourth-order valence-electron chi connectivity index (χ4n) is 2.50. The van der Waals surface area contributed by atoms with Crippen LogP contribution in [0.25, 0.3) is 11.0 Å². The van der Waals surface area contributed by atoms with Crippen LogP contribution in [0.2, 0.25) is 0 Å². The third-order valence-corrected chi connectivity index (χ3v) is 3.79. The average Bonchev–Trinajstić information content (AvgIpc) is 3.02. The highest BCUT2D eigenvalue weighted by atomic mass is 16.1. The van der Waals surface area contributed by atoms with Gasteiger partial charge in [0.05, 0.1) is 11.0 Å². The van der Waals surface area contributed by atoms with Crippen LogP contribution >= 0.6 is 0 Å². The van der Waals surface area contributed by atoms with Crippen molar-refractivity contribution < 1.29 is 0 Å². The maximum atomic E-state index is 11.3. The first-order chi connectivity index (χ1) is 10.1. The molecule has 1 unspecified atom stereocenters. The molecule has 6 heteroatoms. The number of aryl methyl sites for hydroxylation is 1. The second-order valence-corrected chi connectivity index (χ2v) is 5.26. The van der Waals surface area contributed by atoms with Crippen molar-refractivity contribution in [3.05, 3.63) is 52.2 Å². The number of aromatic amines is 2. The SMILES string of the molecule is CC(NCCc1ccnn1C)c1ccc2[nH]c(=O)[nH]c2c1. The number of hydrogen-bond donors (Lipinski definition) is 3. The number of nitrogens with one attached hydrogen (secondary N) is 3. The van der Waals surface area contributed by atoms with Gasteiger partial charge in [-0.1, -0.05) is 6.07 Å². The van der Waals surface area contributed by atoms with Crippen LogP contribution in [0.5, 0.6) is 0 Å². The summed E-state index contributed by atoms with van der Waals surface area (Å²) in [5.41, 5.74) is 3.88. The van der Waals surface area contributed by atoms with Gasteiger partial charge >= 0.3 is 5.69 Å². The van der Waals surface area contributed by atoms with Gasteiger partial charge in [0.2, 0.25) is 0 Å². The van der Waals surface area contributed by atoms with Crippen LogP contribution < -0.4 is 11.0 Å². The lowest BCUT2D eigenvalue weighted by atomic mass is 10.1. The number of benzene rings is 1. The van der Waals surface area contributed by atoms with E-state index in [1.54, 1.807) is 0 Å². The molecule has 0 aliphatic heterocycles. The Morgan fingerprint density at radius 1 is 1.29 bits per heavy atom. The lowest BCUT2D eigenvalue weighted by molar-refractivity contribution is 0.564. The molecule has 3 rings (SSSR count). The molecule has 0 amide bonds. The van der Waals surface area contributed by atoms with Crippen LogP contribution in [0.3, 0.4) is 0 Å². The molecule has 2 heterocycles. The van der Waals surface area contributed by atoms with Gasteiger partial charge in [0, 0.05) is 37.9 Å². The van der Waals surface area contributed by atoms with E-state index in [1.165, 1.54) is 5.69 Å². The number of nitrogens with zero attached hydrogens (tertiary/aromatic N) is 2. The standard InChI is InChI=1S/C15H19N5O/c1-10(16-7-5-12-6-8-17-20(12)2)11-3-4-13-14(9-11)19-15(21)18-13/h3-4,6,8-10,16H,5,7H2,1-2H3,(H2,18,19,21). The highest BCUT2D eigenvalue weighted by Crippen LogP contribution is 2.16. The molecule has 0 bridgehead atoms. The Bertz CT molecular complexity index is 798. The van der Waals surface area contributed by atoms with E-state index in [-0.39, 0.29) is 11.7 Å². The highest BCUT2D eigenvalue weighted by molar-refractivity contribution is 5.75. The number of fused-ring (bicyclic) bond motifs is 1. The lowest BCUT2D eigenvalue weighted by Gasteiger charge is -2.14. The zero-order chi connectivity index (χ0) is 14.8. The molecular weight excluding hydrogens is 266 g/mol. The predicted octanol–water partition coefficient (Wildman–Crippen LogP) is 1.48. The third-order valence-electron chi connectivity index (χ3n) is 3.79. The van der Waals surface area contributed by atoms with E-state index in [1.807, 2.05) is 42.2 Å². The summed E-state index contributed by atoms with van der Waals surface area (Å²) in [5.74, 6) is 0. The van der Waals surface area contributed by atoms with Crippen molar-refractivity contribution in [1.29, 1.82) is 0 Å². The smallest absolute Gasteiger partial charge is 0.310 e. The van der Waals surface area contributed by atoms with E-state index < -0.39 is 0 Å². The summed E-state index contributed by atoms with van der Waals surface area (Å²) in [6.45, 7) is 3.00. The van der Waals surface area contributed by atoms with E-state index in [0.717, 1.165) is 29.6 Å². The lowest BCUT2D eigenvalue weighted by Crippen LogP contribution is -2.22. The molecule has 0 fully saturated rings. The van der Waals surface area contributed by atoms with Gasteiger partial charge < -0.3 is 15.3 Å². The minimum absolute atomic E-state index is 0.168. The van der Waals surface area contributed by atoms with Gasteiger partial charge in [-0.15, -0.1) is 0 Å².